The summed E-state index contributed by atoms with van der Waals surface area (Å²) < 4.78 is 11.3. The highest BCUT2D eigenvalue weighted by atomic mass is 16.5. The van der Waals surface area contributed by atoms with Crippen LogP contribution in [-0.4, -0.2) is 7.11 Å². The lowest BCUT2D eigenvalue weighted by Crippen LogP contribution is -2.02. The number of fused-ring (bicyclic) bond motifs is 1. The molecular weight excluding hydrogens is 262 g/mol. The molecule has 3 rings (SSSR count). The third kappa shape index (κ3) is 3.03. The molecule has 0 atom stereocenters. The van der Waals surface area contributed by atoms with Crippen LogP contribution in [0, 0.1) is 0 Å². The van der Waals surface area contributed by atoms with E-state index in [1.54, 1.807) is 7.11 Å². The highest BCUT2D eigenvalue weighted by Crippen LogP contribution is 2.27. The van der Waals surface area contributed by atoms with Crippen LogP contribution < -0.4 is 15.2 Å². The minimum absolute atomic E-state index is 0.496. The third-order valence-corrected chi connectivity index (χ3v) is 4.04. The van der Waals surface area contributed by atoms with Crippen molar-refractivity contribution in [1.82, 2.24) is 0 Å². The summed E-state index contributed by atoms with van der Waals surface area (Å²) in [6, 6.07) is 12.4. The van der Waals surface area contributed by atoms with E-state index in [0.717, 1.165) is 22.6 Å². The number of hydrogen-bond acceptors (Lipinski definition) is 3. The molecule has 1 aliphatic carbocycles. The SMILES string of the molecule is COc1ccc(CN)cc1COc1ccc2c(c1)CCC2. The van der Waals surface area contributed by atoms with E-state index in [0.29, 0.717) is 13.2 Å². The van der Waals surface area contributed by atoms with Gasteiger partial charge in [0.1, 0.15) is 18.1 Å². The van der Waals surface area contributed by atoms with Crippen LogP contribution in [0.5, 0.6) is 11.5 Å². The van der Waals surface area contributed by atoms with Gasteiger partial charge in [0, 0.05) is 12.1 Å². The van der Waals surface area contributed by atoms with Gasteiger partial charge in [-0.3, -0.25) is 0 Å². The van der Waals surface area contributed by atoms with Gasteiger partial charge < -0.3 is 15.2 Å². The van der Waals surface area contributed by atoms with Crippen molar-refractivity contribution < 1.29 is 9.47 Å². The van der Waals surface area contributed by atoms with Gasteiger partial charge in [0.2, 0.25) is 0 Å². The van der Waals surface area contributed by atoms with E-state index in [9.17, 15) is 0 Å². The molecule has 2 N–H and O–H groups in total. The second-order valence-electron chi connectivity index (χ2n) is 5.42. The van der Waals surface area contributed by atoms with Crippen LogP contribution in [0.4, 0.5) is 0 Å². The van der Waals surface area contributed by atoms with Gasteiger partial charge in [0.15, 0.2) is 0 Å². The van der Waals surface area contributed by atoms with Gasteiger partial charge in [-0.15, -0.1) is 0 Å². The molecule has 0 bridgehead atoms. The minimum atomic E-state index is 0.496. The summed E-state index contributed by atoms with van der Waals surface area (Å²) in [5.41, 5.74) is 10.7. The Morgan fingerprint density at radius 2 is 1.90 bits per heavy atom. The zero-order valence-corrected chi connectivity index (χ0v) is 12.4. The van der Waals surface area contributed by atoms with Crippen LogP contribution in [0.1, 0.15) is 28.7 Å². The highest BCUT2D eigenvalue weighted by Gasteiger charge is 2.12. The van der Waals surface area contributed by atoms with Gasteiger partial charge in [-0.25, -0.2) is 0 Å². The average Bonchev–Trinajstić information content (AvgIpc) is 3.00. The van der Waals surface area contributed by atoms with Crippen molar-refractivity contribution in [1.29, 1.82) is 0 Å². The Balaban J connectivity index is 1.75. The fourth-order valence-electron chi connectivity index (χ4n) is 2.87. The predicted molar refractivity (Wildman–Crippen MR) is 83.7 cm³/mol. The third-order valence-electron chi connectivity index (χ3n) is 4.04. The lowest BCUT2D eigenvalue weighted by molar-refractivity contribution is 0.296. The Morgan fingerprint density at radius 1 is 1.05 bits per heavy atom. The molecule has 21 heavy (non-hydrogen) atoms. The number of ether oxygens (including phenoxy) is 2. The average molecular weight is 283 g/mol. The molecule has 0 heterocycles. The van der Waals surface area contributed by atoms with Crippen molar-refractivity contribution in [3.63, 3.8) is 0 Å². The van der Waals surface area contributed by atoms with E-state index >= 15 is 0 Å². The monoisotopic (exact) mass is 283 g/mol. The van der Waals surface area contributed by atoms with E-state index in [4.69, 9.17) is 15.2 Å². The van der Waals surface area contributed by atoms with Crippen LogP contribution in [0.3, 0.4) is 0 Å². The zero-order valence-electron chi connectivity index (χ0n) is 12.4. The number of methoxy groups -OCH3 is 1. The van der Waals surface area contributed by atoms with E-state index in [-0.39, 0.29) is 0 Å². The van der Waals surface area contributed by atoms with Gasteiger partial charge in [-0.2, -0.15) is 0 Å². The summed E-state index contributed by atoms with van der Waals surface area (Å²) in [5, 5.41) is 0. The largest absolute Gasteiger partial charge is 0.496 e. The lowest BCUT2D eigenvalue weighted by Gasteiger charge is -2.12. The zero-order chi connectivity index (χ0) is 14.7. The van der Waals surface area contributed by atoms with E-state index < -0.39 is 0 Å². The first-order chi connectivity index (χ1) is 10.3. The Hall–Kier alpha value is -2.00. The Kier molecular flexibility index (Phi) is 4.11. The van der Waals surface area contributed by atoms with Crippen molar-refractivity contribution in [2.24, 2.45) is 5.73 Å². The van der Waals surface area contributed by atoms with Crippen LogP contribution in [0.2, 0.25) is 0 Å². The van der Waals surface area contributed by atoms with Crippen molar-refractivity contribution in [2.75, 3.05) is 7.11 Å². The molecular formula is C18H21NO2. The second kappa shape index (κ2) is 6.19. The smallest absolute Gasteiger partial charge is 0.125 e. The van der Waals surface area contributed by atoms with Gasteiger partial charge in [-0.1, -0.05) is 12.1 Å². The normalized spacial score (nSPS) is 13.0. The van der Waals surface area contributed by atoms with Gasteiger partial charge in [0.05, 0.1) is 7.11 Å². The van der Waals surface area contributed by atoms with Gasteiger partial charge in [-0.05, 0) is 60.2 Å². The maximum atomic E-state index is 5.94. The lowest BCUT2D eigenvalue weighted by atomic mass is 10.1. The Morgan fingerprint density at radius 3 is 2.71 bits per heavy atom. The van der Waals surface area contributed by atoms with Crippen LogP contribution in [0.25, 0.3) is 0 Å². The molecule has 0 unspecified atom stereocenters. The number of nitrogens with two attached hydrogens (primary N) is 1. The second-order valence-corrected chi connectivity index (χ2v) is 5.42. The van der Waals surface area contributed by atoms with Crippen LogP contribution >= 0.6 is 0 Å². The predicted octanol–water partition coefficient (Wildman–Crippen LogP) is 3.22. The Labute approximate surface area is 125 Å². The molecule has 0 amide bonds. The van der Waals surface area contributed by atoms with E-state index in [1.165, 1.54) is 30.4 Å². The summed E-state index contributed by atoms with van der Waals surface area (Å²) in [6.45, 7) is 1.02. The molecule has 3 nitrogen and oxygen atoms in total. The van der Waals surface area contributed by atoms with Crippen LogP contribution in [0.15, 0.2) is 36.4 Å². The van der Waals surface area contributed by atoms with E-state index in [2.05, 4.69) is 18.2 Å². The molecule has 1 aliphatic rings. The summed E-state index contributed by atoms with van der Waals surface area (Å²) in [6.07, 6.45) is 3.62. The number of rotatable bonds is 5. The fraction of sp³-hybridized carbons (Fsp3) is 0.333. The van der Waals surface area contributed by atoms with Crippen molar-refractivity contribution in [3.05, 3.63) is 58.7 Å². The van der Waals surface area contributed by atoms with Crippen molar-refractivity contribution >= 4 is 0 Å². The molecule has 110 valence electrons. The fourth-order valence-corrected chi connectivity index (χ4v) is 2.87. The Bertz CT molecular complexity index is 637. The molecule has 3 heteroatoms. The van der Waals surface area contributed by atoms with E-state index in [1.807, 2.05) is 18.2 Å². The van der Waals surface area contributed by atoms with Crippen LogP contribution in [-0.2, 0) is 26.0 Å². The maximum absolute atomic E-state index is 5.94. The quantitative estimate of drug-likeness (QED) is 0.916. The standard InChI is InChI=1S/C18H21NO2/c1-20-18-8-5-13(11-19)9-16(18)12-21-17-7-6-14-3-2-4-15(14)10-17/h5-10H,2-4,11-12,19H2,1H3. The topological polar surface area (TPSA) is 44.5 Å². The molecule has 0 aromatic heterocycles. The molecule has 0 aliphatic heterocycles. The van der Waals surface area contributed by atoms with Gasteiger partial charge in [0.25, 0.3) is 0 Å². The molecule has 0 saturated carbocycles. The molecule has 0 radical (unpaired) electrons. The number of hydrogen-bond donors (Lipinski definition) is 1. The molecule has 2 aromatic rings. The molecule has 2 aromatic carbocycles. The summed E-state index contributed by atoms with van der Waals surface area (Å²) in [7, 11) is 1.68. The summed E-state index contributed by atoms with van der Waals surface area (Å²) in [5.74, 6) is 1.77. The van der Waals surface area contributed by atoms with Crippen molar-refractivity contribution in [3.8, 4) is 11.5 Å². The molecule has 0 fully saturated rings. The molecule has 0 saturated heterocycles. The summed E-state index contributed by atoms with van der Waals surface area (Å²) >= 11 is 0. The molecule has 0 spiro atoms. The number of benzene rings is 2. The number of aryl methyl sites for hydroxylation is 2. The highest BCUT2D eigenvalue weighted by molar-refractivity contribution is 5.40. The maximum Gasteiger partial charge on any atom is 0.125 e. The minimum Gasteiger partial charge on any atom is -0.496 e. The first-order valence-corrected chi connectivity index (χ1v) is 7.40. The first-order valence-electron chi connectivity index (χ1n) is 7.40. The first kappa shape index (κ1) is 14.0. The van der Waals surface area contributed by atoms with Gasteiger partial charge >= 0.3 is 0 Å². The van der Waals surface area contributed by atoms with Crippen molar-refractivity contribution in [2.45, 2.75) is 32.4 Å². The summed E-state index contributed by atoms with van der Waals surface area (Å²) in [4.78, 5) is 0.